The molecule has 4 aromatic rings. The fourth-order valence-electron chi connectivity index (χ4n) is 4.56. The number of furan rings is 1. The summed E-state index contributed by atoms with van der Waals surface area (Å²) in [5.74, 6) is 0.904. The average molecular weight is 493 g/mol. The Morgan fingerprint density at radius 3 is 2.67 bits per heavy atom. The third-order valence-corrected chi connectivity index (χ3v) is 6.27. The zero-order valence-corrected chi connectivity index (χ0v) is 21.3. The third-order valence-electron chi connectivity index (χ3n) is 6.27. The monoisotopic (exact) mass is 492 g/mol. The van der Waals surface area contributed by atoms with Gasteiger partial charge in [0, 0.05) is 17.5 Å². The highest BCUT2D eigenvalue weighted by atomic mass is 16.5. The van der Waals surface area contributed by atoms with Crippen LogP contribution in [0.15, 0.2) is 45.8 Å². The Balaban J connectivity index is 1.76. The summed E-state index contributed by atoms with van der Waals surface area (Å²) in [5.41, 5.74) is 3.43. The van der Waals surface area contributed by atoms with Gasteiger partial charge in [-0.2, -0.15) is 0 Å². The molecule has 1 aromatic carbocycles. The number of esters is 1. The van der Waals surface area contributed by atoms with Crippen molar-refractivity contribution in [3.63, 3.8) is 0 Å². The number of pyridine rings is 1. The maximum Gasteiger partial charge on any atom is 0.327 e. The molecule has 3 heterocycles. The molecule has 190 valence electrons. The van der Waals surface area contributed by atoms with Gasteiger partial charge >= 0.3 is 5.97 Å². The lowest BCUT2D eigenvalue weighted by Gasteiger charge is -2.32. The molecule has 3 aromatic heterocycles. The number of aromatic nitrogens is 5. The number of benzene rings is 1. The quantitative estimate of drug-likeness (QED) is 0.333. The van der Waals surface area contributed by atoms with E-state index in [4.69, 9.17) is 9.15 Å². The maximum absolute atomic E-state index is 13.2. The minimum Gasteiger partial charge on any atom is -0.468 e. The molecular weight excluding hydrogens is 460 g/mol. The fourth-order valence-corrected chi connectivity index (χ4v) is 4.56. The van der Waals surface area contributed by atoms with Crippen LogP contribution in [0, 0.1) is 19.8 Å². The number of carbonyl (C=O) groups is 1. The molecule has 36 heavy (non-hydrogen) atoms. The number of ether oxygens (including phenoxy) is 1. The number of hydrogen-bond acceptors (Lipinski definition) is 8. The molecule has 0 aliphatic rings. The summed E-state index contributed by atoms with van der Waals surface area (Å²) in [7, 11) is 0. The average Bonchev–Trinajstić information content (AvgIpc) is 3.50. The van der Waals surface area contributed by atoms with Gasteiger partial charge < -0.3 is 14.1 Å². The van der Waals surface area contributed by atoms with Gasteiger partial charge in [-0.05, 0) is 66.4 Å². The first-order chi connectivity index (χ1) is 17.3. The normalized spacial score (nSPS) is 12.5. The van der Waals surface area contributed by atoms with Crippen LogP contribution in [0.2, 0.25) is 0 Å². The van der Waals surface area contributed by atoms with Crippen molar-refractivity contribution >= 4 is 16.9 Å². The van der Waals surface area contributed by atoms with E-state index in [2.05, 4.69) is 45.3 Å². The number of aromatic amines is 1. The van der Waals surface area contributed by atoms with E-state index in [9.17, 15) is 9.59 Å². The van der Waals surface area contributed by atoms with Crippen molar-refractivity contribution in [1.29, 1.82) is 0 Å². The summed E-state index contributed by atoms with van der Waals surface area (Å²) in [6.45, 7) is 10.8. The van der Waals surface area contributed by atoms with Crippen LogP contribution in [-0.4, -0.2) is 42.7 Å². The molecule has 10 heteroatoms. The van der Waals surface area contributed by atoms with Gasteiger partial charge in [0.15, 0.2) is 5.82 Å². The molecule has 0 saturated carbocycles. The predicted molar refractivity (Wildman–Crippen MR) is 134 cm³/mol. The molecule has 10 nitrogen and oxygen atoms in total. The highest BCUT2D eigenvalue weighted by molar-refractivity contribution is 5.85. The van der Waals surface area contributed by atoms with E-state index >= 15 is 0 Å². The standard InChI is InChI=1S/C26H32N6O4/c1-6-35-22(33)15-32-25(28-29-30-32)24(16(2)3)31(14-20-8-7-11-36-20)13-19-12-21-17(4)9-10-18(5)23(21)27-26(19)34/h7-12,16,24H,6,13-15H2,1-5H3,(H,27,34). The number of nitrogens with zero attached hydrogens (tertiary/aromatic N) is 5. The summed E-state index contributed by atoms with van der Waals surface area (Å²) in [6, 6.07) is 9.44. The van der Waals surface area contributed by atoms with Gasteiger partial charge in [-0.25, -0.2) is 4.68 Å². The first-order valence-corrected chi connectivity index (χ1v) is 12.1. The smallest absolute Gasteiger partial charge is 0.327 e. The molecule has 0 amide bonds. The van der Waals surface area contributed by atoms with Gasteiger partial charge in [-0.15, -0.1) is 5.10 Å². The van der Waals surface area contributed by atoms with Gasteiger partial charge in [-0.3, -0.25) is 14.5 Å². The lowest BCUT2D eigenvalue weighted by atomic mass is 9.99. The van der Waals surface area contributed by atoms with E-state index in [1.165, 1.54) is 4.68 Å². The first kappa shape index (κ1) is 25.3. The number of aryl methyl sites for hydroxylation is 2. The molecule has 1 unspecified atom stereocenters. The van der Waals surface area contributed by atoms with E-state index in [1.54, 1.807) is 13.2 Å². The van der Waals surface area contributed by atoms with Crippen molar-refractivity contribution < 1.29 is 13.9 Å². The topological polar surface area (TPSA) is 119 Å². The summed E-state index contributed by atoms with van der Waals surface area (Å²) in [6.07, 6.45) is 1.62. The highest BCUT2D eigenvalue weighted by Crippen LogP contribution is 2.30. The first-order valence-electron chi connectivity index (χ1n) is 12.1. The van der Waals surface area contributed by atoms with E-state index in [1.807, 2.05) is 38.1 Å². The maximum atomic E-state index is 13.2. The lowest BCUT2D eigenvalue weighted by molar-refractivity contribution is -0.144. The Morgan fingerprint density at radius 1 is 1.19 bits per heavy atom. The van der Waals surface area contributed by atoms with Gasteiger partial charge in [0.25, 0.3) is 5.56 Å². The molecule has 0 radical (unpaired) electrons. The Bertz CT molecular complexity index is 1390. The second kappa shape index (κ2) is 10.9. The molecule has 1 atom stereocenters. The van der Waals surface area contributed by atoms with Gasteiger partial charge in [-0.1, -0.05) is 26.0 Å². The second-order valence-corrected chi connectivity index (χ2v) is 9.28. The van der Waals surface area contributed by atoms with Crippen molar-refractivity contribution in [3.05, 3.63) is 75.2 Å². The Kier molecular flexibility index (Phi) is 7.64. The second-order valence-electron chi connectivity index (χ2n) is 9.28. The van der Waals surface area contributed by atoms with Crippen molar-refractivity contribution in [1.82, 2.24) is 30.1 Å². The van der Waals surface area contributed by atoms with E-state index < -0.39 is 5.97 Å². The number of carbonyl (C=O) groups excluding carboxylic acids is 1. The van der Waals surface area contributed by atoms with Crippen molar-refractivity contribution in [3.8, 4) is 0 Å². The van der Waals surface area contributed by atoms with Gasteiger partial charge in [0.1, 0.15) is 12.3 Å². The zero-order valence-electron chi connectivity index (χ0n) is 21.3. The molecule has 0 saturated heterocycles. The molecule has 4 rings (SSSR count). The van der Waals surface area contributed by atoms with Crippen LogP contribution in [0.3, 0.4) is 0 Å². The largest absolute Gasteiger partial charge is 0.468 e. The molecule has 0 aliphatic carbocycles. The predicted octanol–water partition coefficient (Wildman–Crippen LogP) is 3.69. The number of nitrogens with one attached hydrogen (secondary N) is 1. The van der Waals surface area contributed by atoms with Crippen molar-refractivity contribution in [2.45, 2.75) is 60.3 Å². The number of fused-ring (bicyclic) bond motifs is 1. The molecule has 0 bridgehead atoms. The molecule has 0 spiro atoms. The SMILES string of the molecule is CCOC(=O)Cn1nnnc1C(C(C)C)N(Cc1ccco1)Cc1cc2c(C)ccc(C)c2[nH]c1=O. The zero-order chi connectivity index (χ0) is 25.8. The number of H-pyrrole nitrogens is 1. The van der Waals surface area contributed by atoms with Crippen LogP contribution in [0.4, 0.5) is 0 Å². The highest BCUT2D eigenvalue weighted by Gasteiger charge is 2.31. The summed E-state index contributed by atoms with van der Waals surface area (Å²) in [5, 5.41) is 13.2. The van der Waals surface area contributed by atoms with Crippen LogP contribution in [0.1, 0.15) is 55.1 Å². The number of hydrogen-bond donors (Lipinski definition) is 1. The van der Waals surface area contributed by atoms with Crippen LogP contribution in [0.5, 0.6) is 0 Å². The Hall–Kier alpha value is -3.79. The summed E-state index contributed by atoms with van der Waals surface area (Å²) in [4.78, 5) is 30.6. The van der Waals surface area contributed by atoms with Crippen molar-refractivity contribution in [2.75, 3.05) is 6.61 Å². The van der Waals surface area contributed by atoms with Crippen LogP contribution in [0.25, 0.3) is 10.9 Å². The molecule has 0 fully saturated rings. The Morgan fingerprint density at radius 2 is 1.97 bits per heavy atom. The van der Waals surface area contributed by atoms with E-state index in [-0.39, 0.29) is 30.7 Å². The van der Waals surface area contributed by atoms with Gasteiger partial charge in [0.2, 0.25) is 0 Å². The van der Waals surface area contributed by atoms with Crippen molar-refractivity contribution in [2.24, 2.45) is 5.92 Å². The van der Waals surface area contributed by atoms with Crippen LogP contribution >= 0.6 is 0 Å². The molecule has 0 aliphatic heterocycles. The number of rotatable bonds is 10. The molecule has 1 N–H and O–H groups in total. The minimum atomic E-state index is -0.414. The molecular formula is C26H32N6O4. The van der Waals surface area contributed by atoms with E-state index in [0.717, 1.165) is 27.8 Å². The van der Waals surface area contributed by atoms with Crippen LogP contribution in [-0.2, 0) is 29.2 Å². The minimum absolute atomic E-state index is 0.0513. The summed E-state index contributed by atoms with van der Waals surface area (Å²) >= 11 is 0. The van der Waals surface area contributed by atoms with Gasteiger partial charge in [0.05, 0.1) is 31.0 Å². The van der Waals surface area contributed by atoms with E-state index in [0.29, 0.717) is 24.5 Å². The Labute approximate surface area is 209 Å². The van der Waals surface area contributed by atoms with Crippen LogP contribution < -0.4 is 5.56 Å². The number of tetrazole rings is 1. The fraction of sp³-hybridized carbons (Fsp3) is 0.423. The summed E-state index contributed by atoms with van der Waals surface area (Å²) < 4.78 is 12.2. The lowest BCUT2D eigenvalue weighted by Crippen LogP contribution is -2.35. The third kappa shape index (κ3) is 5.38.